The van der Waals surface area contributed by atoms with Gasteiger partial charge >= 0.3 is 0 Å². The van der Waals surface area contributed by atoms with E-state index in [0.717, 1.165) is 32.5 Å². The van der Waals surface area contributed by atoms with Gasteiger partial charge in [0.2, 0.25) is 5.91 Å². The first-order valence-electron chi connectivity index (χ1n) is 9.03. The smallest absolute Gasteiger partial charge is 0.263 e. The quantitative estimate of drug-likeness (QED) is 0.799. The van der Waals surface area contributed by atoms with Gasteiger partial charge in [-0.15, -0.1) is 0 Å². The Morgan fingerprint density at radius 2 is 2.04 bits per heavy atom. The lowest BCUT2D eigenvalue weighted by Crippen LogP contribution is -2.41. The van der Waals surface area contributed by atoms with Crippen molar-refractivity contribution >= 4 is 21.8 Å². The molecule has 2 heterocycles. The zero-order valence-electron chi connectivity index (χ0n) is 15.2. The summed E-state index contributed by atoms with van der Waals surface area (Å²) in [5.74, 6) is 1.04. The Morgan fingerprint density at radius 1 is 1.35 bits per heavy atom. The molecule has 0 saturated carbocycles. The van der Waals surface area contributed by atoms with E-state index in [4.69, 9.17) is 0 Å². The molecule has 1 unspecified atom stereocenters. The van der Waals surface area contributed by atoms with E-state index in [2.05, 4.69) is 15.0 Å². The Morgan fingerprint density at radius 3 is 2.73 bits per heavy atom. The first-order chi connectivity index (χ1) is 12.4. The van der Waals surface area contributed by atoms with E-state index in [1.807, 2.05) is 18.9 Å². The summed E-state index contributed by atoms with van der Waals surface area (Å²) in [6.45, 7) is 4.40. The highest BCUT2D eigenvalue weighted by Crippen LogP contribution is 2.23. The van der Waals surface area contributed by atoms with Crippen molar-refractivity contribution in [3.05, 3.63) is 29.8 Å². The second kappa shape index (κ2) is 7.75. The highest BCUT2D eigenvalue weighted by atomic mass is 32.2. The topological polar surface area (TPSA) is 90.9 Å². The number of sulfonamides is 1. The fourth-order valence-corrected chi connectivity index (χ4v) is 4.79. The summed E-state index contributed by atoms with van der Waals surface area (Å²) < 4.78 is 26.7. The highest BCUT2D eigenvalue weighted by Gasteiger charge is 2.31. The predicted octanol–water partition coefficient (Wildman–Crippen LogP) is 0.962. The molecule has 2 N–H and O–H groups in total. The lowest BCUT2D eigenvalue weighted by molar-refractivity contribution is -0.132. The molecule has 0 aromatic heterocycles. The molecule has 0 spiro atoms. The van der Waals surface area contributed by atoms with Crippen LogP contribution in [0.4, 0.5) is 0 Å². The van der Waals surface area contributed by atoms with E-state index in [-0.39, 0.29) is 23.3 Å². The van der Waals surface area contributed by atoms with E-state index in [0.29, 0.717) is 17.3 Å². The Labute approximate surface area is 154 Å². The maximum atomic E-state index is 12.5. The Hall–Kier alpha value is -1.93. The minimum Gasteiger partial charge on any atom is -0.343 e. The molecule has 7 nitrogen and oxygen atoms in total. The van der Waals surface area contributed by atoms with Crippen LogP contribution in [0.2, 0.25) is 0 Å². The van der Waals surface area contributed by atoms with Gasteiger partial charge < -0.3 is 10.2 Å². The normalized spacial score (nSPS) is 22.1. The van der Waals surface area contributed by atoms with Gasteiger partial charge in [0.25, 0.3) is 10.0 Å². The number of hydrogen-bond acceptors (Lipinski definition) is 5. The average molecular weight is 378 g/mol. The third kappa shape index (κ3) is 4.07. The number of carbonyl (C=O) groups excluding carboxylic acids is 1. The standard InChI is InChI=1S/C18H26N4O3S/c1-13(11-17(23)22-9-7-14(8-10-22)12-19-2)20-18-15-5-3-4-6-16(15)26(24,25)21-18/h3-6,13-14,19H,7-12H2,1-2H3,(H,20,21). The summed E-state index contributed by atoms with van der Waals surface area (Å²) in [7, 11) is -1.59. The van der Waals surface area contributed by atoms with Gasteiger partial charge in [-0.1, -0.05) is 12.1 Å². The molecule has 1 atom stereocenters. The largest absolute Gasteiger partial charge is 0.343 e. The summed E-state index contributed by atoms with van der Waals surface area (Å²) in [6, 6.07) is 6.47. The number of nitrogens with one attached hydrogen (secondary N) is 2. The maximum absolute atomic E-state index is 12.5. The third-order valence-electron chi connectivity index (χ3n) is 4.94. The fraction of sp³-hybridized carbons (Fsp3) is 0.556. The SMILES string of the molecule is CNCC1CCN(C(=O)CC(C)N=C2NS(=O)(=O)c3ccccc32)CC1. The number of hydrogen-bond donors (Lipinski definition) is 2. The molecule has 2 aliphatic heterocycles. The van der Waals surface area contributed by atoms with E-state index < -0.39 is 10.0 Å². The zero-order chi connectivity index (χ0) is 18.7. The number of benzene rings is 1. The predicted molar refractivity (Wildman–Crippen MR) is 101 cm³/mol. The maximum Gasteiger partial charge on any atom is 0.263 e. The molecule has 1 aromatic carbocycles. The lowest BCUT2D eigenvalue weighted by Gasteiger charge is -2.32. The number of amidine groups is 1. The summed E-state index contributed by atoms with van der Waals surface area (Å²) >= 11 is 0. The summed E-state index contributed by atoms with van der Waals surface area (Å²) in [5, 5.41) is 3.19. The van der Waals surface area contributed by atoms with Gasteiger partial charge in [0.15, 0.2) is 0 Å². The van der Waals surface area contributed by atoms with Gasteiger partial charge in [0.05, 0.1) is 10.9 Å². The number of fused-ring (bicyclic) bond motifs is 1. The van der Waals surface area contributed by atoms with E-state index in [1.54, 1.807) is 24.3 Å². The molecule has 3 rings (SSSR count). The molecule has 1 fully saturated rings. The zero-order valence-corrected chi connectivity index (χ0v) is 16.1. The number of amides is 1. The first kappa shape index (κ1) is 18.8. The first-order valence-corrected chi connectivity index (χ1v) is 10.5. The van der Waals surface area contributed by atoms with Crippen molar-refractivity contribution in [1.82, 2.24) is 14.9 Å². The van der Waals surface area contributed by atoms with Crippen LogP contribution in [0.25, 0.3) is 0 Å². The number of carbonyl (C=O) groups is 1. The van der Waals surface area contributed by atoms with Gasteiger partial charge in [-0.2, -0.15) is 0 Å². The summed E-state index contributed by atoms with van der Waals surface area (Å²) in [4.78, 5) is 19.1. The van der Waals surface area contributed by atoms with Crippen LogP contribution >= 0.6 is 0 Å². The molecule has 2 aliphatic rings. The van der Waals surface area contributed by atoms with Crippen LogP contribution in [0, 0.1) is 5.92 Å². The molecule has 142 valence electrons. The Balaban J connectivity index is 1.62. The molecule has 0 radical (unpaired) electrons. The molecule has 1 amide bonds. The lowest BCUT2D eigenvalue weighted by atomic mass is 9.96. The van der Waals surface area contributed by atoms with Crippen LogP contribution in [-0.2, 0) is 14.8 Å². The average Bonchev–Trinajstić information content (AvgIpc) is 2.86. The summed E-state index contributed by atoms with van der Waals surface area (Å²) in [6.07, 6.45) is 2.31. The number of likely N-dealkylation sites (tertiary alicyclic amines) is 1. The van der Waals surface area contributed by atoms with Crippen molar-refractivity contribution in [3.63, 3.8) is 0 Å². The molecule has 1 aromatic rings. The number of rotatable bonds is 5. The summed E-state index contributed by atoms with van der Waals surface area (Å²) in [5.41, 5.74) is 0.569. The van der Waals surface area contributed by atoms with Crippen LogP contribution in [0.15, 0.2) is 34.2 Å². The van der Waals surface area contributed by atoms with Gasteiger partial charge in [-0.25, -0.2) is 8.42 Å². The highest BCUT2D eigenvalue weighted by molar-refractivity contribution is 7.90. The van der Waals surface area contributed by atoms with E-state index in [1.165, 1.54) is 0 Å². The van der Waals surface area contributed by atoms with Crippen molar-refractivity contribution < 1.29 is 13.2 Å². The Kier molecular flexibility index (Phi) is 5.62. The van der Waals surface area contributed by atoms with Gasteiger partial charge in [0, 0.05) is 25.1 Å². The van der Waals surface area contributed by atoms with Crippen LogP contribution in [-0.4, -0.2) is 57.8 Å². The van der Waals surface area contributed by atoms with Crippen molar-refractivity contribution in [2.75, 3.05) is 26.7 Å². The van der Waals surface area contributed by atoms with Gasteiger partial charge in [-0.05, 0) is 51.4 Å². The number of aliphatic imine (C=N–C) groups is 1. The Bertz CT molecular complexity index is 798. The van der Waals surface area contributed by atoms with E-state index in [9.17, 15) is 13.2 Å². The van der Waals surface area contributed by atoms with Crippen LogP contribution in [0.1, 0.15) is 31.7 Å². The molecule has 0 aliphatic carbocycles. The van der Waals surface area contributed by atoms with Crippen molar-refractivity contribution in [3.8, 4) is 0 Å². The van der Waals surface area contributed by atoms with Gasteiger partial charge in [0.1, 0.15) is 5.84 Å². The molecule has 8 heteroatoms. The minimum atomic E-state index is -3.54. The van der Waals surface area contributed by atoms with Crippen LogP contribution < -0.4 is 10.0 Å². The monoisotopic (exact) mass is 378 g/mol. The molecular weight excluding hydrogens is 352 g/mol. The molecule has 1 saturated heterocycles. The second-order valence-corrected chi connectivity index (χ2v) is 8.67. The molecule has 0 bridgehead atoms. The number of piperidine rings is 1. The minimum absolute atomic E-state index is 0.0823. The second-order valence-electron chi connectivity index (χ2n) is 7.01. The third-order valence-corrected chi connectivity index (χ3v) is 6.34. The molecular formula is C18H26N4O3S. The molecule has 26 heavy (non-hydrogen) atoms. The van der Waals surface area contributed by atoms with E-state index >= 15 is 0 Å². The van der Waals surface area contributed by atoms with Crippen molar-refractivity contribution in [1.29, 1.82) is 0 Å². The van der Waals surface area contributed by atoms with Crippen molar-refractivity contribution in [2.45, 2.75) is 37.1 Å². The number of nitrogens with zero attached hydrogens (tertiary/aromatic N) is 2. The van der Waals surface area contributed by atoms with Crippen LogP contribution in [0.3, 0.4) is 0 Å². The van der Waals surface area contributed by atoms with Gasteiger partial charge in [-0.3, -0.25) is 14.5 Å². The van der Waals surface area contributed by atoms with Crippen molar-refractivity contribution in [2.24, 2.45) is 10.9 Å². The fourth-order valence-electron chi connectivity index (χ4n) is 3.55. The van der Waals surface area contributed by atoms with Crippen LogP contribution in [0.5, 0.6) is 0 Å².